The van der Waals surface area contributed by atoms with Crippen molar-refractivity contribution < 1.29 is 19.4 Å². The molecule has 5 unspecified atom stereocenters. The van der Waals surface area contributed by atoms with Crippen LogP contribution in [0.15, 0.2) is 33.6 Å². The molecule has 3 heterocycles. The van der Waals surface area contributed by atoms with Crippen molar-refractivity contribution in [2.24, 2.45) is 17.3 Å². The Bertz CT molecular complexity index is 894. The third-order valence-corrected chi connectivity index (χ3v) is 8.24. The minimum Gasteiger partial charge on any atom is -0.511 e. The molecule has 0 radical (unpaired) electrons. The number of nitrogens with zero attached hydrogens (tertiary/aromatic N) is 1. The Morgan fingerprint density at radius 2 is 2.00 bits per heavy atom. The Labute approximate surface area is 152 Å². The van der Waals surface area contributed by atoms with Crippen LogP contribution in [0.25, 0.3) is 0 Å². The zero-order chi connectivity index (χ0) is 18.0. The first-order valence-corrected chi connectivity index (χ1v) is 9.82. The molecule has 2 saturated heterocycles. The summed E-state index contributed by atoms with van der Waals surface area (Å²) in [7, 11) is 0. The Kier molecular flexibility index (Phi) is 2.63. The topological polar surface area (TPSA) is 66.8 Å². The minimum absolute atomic E-state index is 0.0325. The average Bonchev–Trinajstić information content (AvgIpc) is 3.18. The Morgan fingerprint density at radius 3 is 2.81 bits per heavy atom. The number of aliphatic hydroxyl groups excluding tert-OH is 1. The lowest BCUT2D eigenvalue weighted by Crippen LogP contribution is -2.39. The highest BCUT2D eigenvalue weighted by molar-refractivity contribution is 6.11. The van der Waals surface area contributed by atoms with Crippen LogP contribution in [0.2, 0.25) is 0 Å². The summed E-state index contributed by atoms with van der Waals surface area (Å²) in [4.78, 5) is 28.4. The van der Waals surface area contributed by atoms with Gasteiger partial charge in [0.15, 0.2) is 5.78 Å². The van der Waals surface area contributed by atoms with Gasteiger partial charge in [0.2, 0.25) is 0 Å². The number of fused-ring (bicyclic) bond motifs is 3. The molecule has 0 aromatic rings. The monoisotopic (exact) mass is 353 g/mol. The lowest BCUT2D eigenvalue weighted by atomic mass is 9.66. The normalized spacial score (nSPS) is 43.8. The van der Waals surface area contributed by atoms with E-state index in [1.165, 1.54) is 0 Å². The fraction of sp³-hybridized carbons (Fsp3) is 0.619. The highest BCUT2D eigenvalue weighted by atomic mass is 16.5. The van der Waals surface area contributed by atoms with Gasteiger partial charge in [-0.1, -0.05) is 6.92 Å². The molecule has 0 aromatic heterocycles. The fourth-order valence-electron chi connectivity index (χ4n) is 6.98. The van der Waals surface area contributed by atoms with Gasteiger partial charge in [-0.15, -0.1) is 0 Å². The van der Waals surface area contributed by atoms with Gasteiger partial charge in [0.1, 0.15) is 5.76 Å². The van der Waals surface area contributed by atoms with Crippen LogP contribution in [0.4, 0.5) is 0 Å². The largest absolute Gasteiger partial charge is 0.511 e. The van der Waals surface area contributed by atoms with Gasteiger partial charge in [-0.25, -0.2) is 4.79 Å². The molecule has 3 aliphatic carbocycles. The van der Waals surface area contributed by atoms with Crippen LogP contribution < -0.4 is 0 Å². The molecule has 1 N–H and O–H groups in total. The highest BCUT2D eigenvalue weighted by Gasteiger charge is 2.65. The van der Waals surface area contributed by atoms with Crippen LogP contribution in [0.1, 0.15) is 39.5 Å². The van der Waals surface area contributed by atoms with Gasteiger partial charge in [0, 0.05) is 53.9 Å². The highest BCUT2D eigenvalue weighted by Crippen LogP contribution is 2.65. The number of carbonyl (C=O) groups excluding carboxylic acids is 2. The SMILES string of the molecule is CC1C2CC3N1CC1CCC(=O)C4=C(C(=C2O)C2=C4CCOC2=O)C13C. The minimum atomic E-state index is -0.367. The number of ketones is 1. The van der Waals surface area contributed by atoms with Crippen molar-refractivity contribution in [3.8, 4) is 0 Å². The summed E-state index contributed by atoms with van der Waals surface area (Å²) in [5, 5.41) is 11.3. The predicted octanol–water partition coefficient (Wildman–Crippen LogP) is 2.44. The van der Waals surface area contributed by atoms with E-state index >= 15 is 0 Å². The van der Waals surface area contributed by atoms with E-state index in [0.29, 0.717) is 48.3 Å². The van der Waals surface area contributed by atoms with E-state index in [0.717, 1.165) is 36.1 Å². The molecule has 26 heavy (non-hydrogen) atoms. The predicted molar refractivity (Wildman–Crippen MR) is 93.2 cm³/mol. The first kappa shape index (κ1) is 15.2. The van der Waals surface area contributed by atoms with Crippen LogP contribution in [0.5, 0.6) is 0 Å². The van der Waals surface area contributed by atoms with Crippen LogP contribution in [-0.4, -0.2) is 47.0 Å². The second kappa shape index (κ2) is 4.50. The smallest absolute Gasteiger partial charge is 0.339 e. The molecule has 0 amide bonds. The molecule has 0 spiro atoms. The summed E-state index contributed by atoms with van der Waals surface area (Å²) in [6.07, 6.45) is 2.93. The van der Waals surface area contributed by atoms with Gasteiger partial charge < -0.3 is 9.84 Å². The molecule has 2 fully saturated rings. The van der Waals surface area contributed by atoms with Gasteiger partial charge in [-0.3, -0.25) is 9.69 Å². The Morgan fingerprint density at radius 1 is 1.19 bits per heavy atom. The summed E-state index contributed by atoms with van der Waals surface area (Å²) >= 11 is 0. The molecule has 5 nitrogen and oxygen atoms in total. The van der Waals surface area contributed by atoms with Crippen molar-refractivity contribution in [1.29, 1.82) is 0 Å². The van der Waals surface area contributed by atoms with Crippen molar-refractivity contribution in [3.63, 3.8) is 0 Å². The standard InChI is InChI=1S/C21H23NO4/c1-9-12-7-14-21(2)10(8-22(9)14)3-4-13(23)15-11-5-6-26-20(25)16(11)17(18(15)21)19(12)24/h9-10,12,14,24H,3-8H2,1-2H3. The quantitative estimate of drug-likeness (QED) is 0.678. The fourth-order valence-corrected chi connectivity index (χ4v) is 6.98. The number of cyclic esters (lactones) is 1. The van der Waals surface area contributed by atoms with E-state index < -0.39 is 0 Å². The zero-order valence-electron chi connectivity index (χ0n) is 15.2. The van der Waals surface area contributed by atoms with Gasteiger partial charge in [-0.05, 0) is 36.8 Å². The number of rotatable bonds is 0. The first-order chi connectivity index (χ1) is 12.4. The number of carbonyl (C=O) groups is 2. The number of ether oxygens (including phenoxy) is 1. The molecular formula is C21H23NO4. The maximum Gasteiger partial charge on any atom is 0.339 e. The summed E-state index contributed by atoms with van der Waals surface area (Å²) in [6, 6.07) is 0.599. The molecular weight excluding hydrogens is 330 g/mol. The lowest BCUT2D eigenvalue weighted by molar-refractivity contribution is -0.139. The molecule has 136 valence electrons. The van der Waals surface area contributed by atoms with E-state index in [2.05, 4.69) is 18.7 Å². The average molecular weight is 353 g/mol. The number of hydrogen-bond donors (Lipinski definition) is 1. The number of hydrogen-bond acceptors (Lipinski definition) is 5. The second-order valence-electron chi connectivity index (χ2n) is 8.99. The molecule has 5 atom stereocenters. The van der Waals surface area contributed by atoms with Crippen molar-refractivity contribution >= 4 is 11.8 Å². The van der Waals surface area contributed by atoms with Crippen LogP contribution in [-0.2, 0) is 14.3 Å². The van der Waals surface area contributed by atoms with Gasteiger partial charge >= 0.3 is 5.97 Å². The molecule has 6 rings (SSSR count). The number of esters is 1. The van der Waals surface area contributed by atoms with E-state index in [-0.39, 0.29) is 29.1 Å². The van der Waals surface area contributed by atoms with E-state index in [1.54, 1.807) is 0 Å². The summed E-state index contributed by atoms with van der Waals surface area (Å²) in [6.45, 7) is 5.79. The van der Waals surface area contributed by atoms with Crippen molar-refractivity contribution in [3.05, 3.63) is 33.6 Å². The Balaban J connectivity index is 1.74. The number of aliphatic hydroxyl groups is 1. The van der Waals surface area contributed by atoms with Crippen molar-refractivity contribution in [2.45, 2.75) is 51.6 Å². The lowest BCUT2D eigenvalue weighted by Gasteiger charge is -2.38. The third kappa shape index (κ3) is 1.43. The summed E-state index contributed by atoms with van der Waals surface area (Å²) in [5.41, 5.74) is 3.56. The molecule has 2 bridgehead atoms. The van der Waals surface area contributed by atoms with E-state index in [9.17, 15) is 14.7 Å². The van der Waals surface area contributed by atoms with E-state index in [1.807, 2.05) is 0 Å². The van der Waals surface area contributed by atoms with Gasteiger partial charge in [0.25, 0.3) is 0 Å². The molecule has 0 saturated carbocycles. The van der Waals surface area contributed by atoms with Crippen molar-refractivity contribution in [1.82, 2.24) is 4.90 Å². The van der Waals surface area contributed by atoms with Crippen molar-refractivity contribution in [2.75, 3.05) is 13.2 Å². The Hall–Kier alpha value is -1.88. The second-order valence-corrected chi connectivity index (χ2v) is 8.99. The maximum absolute atomic E-state index is 13.1. The number of allylic oxidation sites excluding steroid dienone is 1. The zero-order valence-corrected chi connectivity index (χ0v) is 15.2. The summed E-state index contributed by atoms with van der Waals surface area (Å²) < 4.78 is 5.33. The molecule has 6 aliphatic rings. The summed E-state index contributed by atoms with van der Waals surface area (Å²) in [5.74, 6) is 0.531. The van der Waals surface area contributed by atoms with Crippen LogP contribution in [0, 0.1) is 17.3 Å². The molecule has 3 aliphatic heterocycles. The third-order valence-electron chi connectivity index (χ3n) is 8.24. The molecule has 5 heteroatoms. The van der Waals surface area contributed by atoms with E-state index in [4.69, 9.17) is 4.74 Å². The molecule has 0 aromatic carbocycles. The van der Waals surface area contributed by atoms with Crippen LogP contribution >= 0.6 is 0 Å². The van der Waals surface area contributed by atoms with Crippen LogP contribution in [0.3, 0.4) is 0 Å². The van der Waals surface area contributed by atoms with Gasteiger partial charge in [0.05, 0.1) is 12.2 Å². The number of Topliss-reactive ketones (excluding diaryl/α,β-unsaturated/α-hetero) is 1. The van der Waals surface area contributed by atoms with Gasteiger partial charge in [-0.2, -0.15) is 0 Å². The first-order valence-electron chi connectivity index (χ1n) is 9.82. The maximum atomic E-state index is 13.1.